The molecule has 6 amide bonds. The average Bonchev–Trinajstić information content (AvgIpc) is 1.63. The maximum Gasteiger partial charge on any atom is 0.344 e. The second kappa shape index (κ2) is 21.6. The summed E-state index contributed by atoms with van der Waals surface area (Å²) in [5, 5.41) is 27.8. The van der Waals surface area contributed by atoms with Gasteiger partial charge in [-0.3, -0.25) is 33.4 Å². The number of quaternary nitrogens is 1. The summed E-state index contributed by atoms with van der Waals surface area (Å²) in [5.41, 5.74) is 4.89. The number of likely N-dealkylation sites (tertiary alicyclic amines) is 1. The minimum Gasteiger partial charge on any atom is -0.480 e. The summed E-state index contributed by atoms with van der Waals surface area (Å²) < 4.78 is 26.5. The normalized spacial score (nSPS) is 23.6. The molecule has 3 unspecified atom stereocenters. The highest BCUT2D eigenvalue weighted by molar-refractivity contribution is 7.22. The molecule has 5 aromatic carbocycles. The Hall–Kier alpha value is -8.31. The summed E-state index contributed by atoms with van der Waals surface area (Å²) in [7, 11) is 1.93. The number of carboxylic acid groups (broad SMARTS) is 1. The van der Waals surface area contributed by atoms with E-state index in [-0.39, 0.29) is 79.0 Å². The lowest BCUT2D eigenvalue weighted by atomic mass is 9.71. The van der Waals surface area contributed by atoms with Gasteiger partial charge in [-0.05, 0) is 84.8 Å². The third-order valence-electron chi connectivity index (χ3n) is 18.9. The number of amides is 6. The molecule has 16 rings (SSSR count). The van der Waals surface area contributed by atoms with Crippen molar-refractivity contribution in [2.24, 2.45) is 11.8 Å². The van der Waals surface area contributed by atoms with Gasteiger partial charge >= 0.3 is 11.9 Å². The van der Waals surface area contributed by atoms with Crippen LogP contribution in [-0.4, -0.2) is 145 Å². The maximum absolute atomic E-state index is 16.9. The SMILES string of the molecule is CN1Cc2cc(F)c3cc2N1[N+]1(C(=O)C2CC4CCC2N(C(=O)C2(Oc5ccccc5-c5nc6cccc(Cl)c6s5)CCN(C(=O)[C@H]5CC(=O)Nc6ccccc65)CC2)C4)CCC(CC1)c1nn(CC(=O)NCC(=O)NCC(=O)O)c2cccc-3c12. The second-order valence-electron chi connectivity index (χ2n) is 24.0. The largest absolute Gasteiger partial charge is 0.480 e. The first-order valence-electron chi connectivity index (χ1n) is 29.4. The number of ether oxygens (including phenoxy) is 1. The zero-order valence-corrected chi connectivity index (χ0v) is 48.7. The van der Waals surface area contributed by atoms with Crippen molar-refractivity contribution in [1.29, 1.82) is 0 Å². The smallest absolute Gasteiger partial charge is 0.344 e. The zero-order chi connectivity index (χ0) is 59.3. The number of hydrazine groups is 1. The molecular weight excluding hydrogens is 1140 g/mol. The molecule has 8 aliphatic heterocycles. The van der Waals surface area contributed by atoms with Crippen molar-refractivity contribution < 1.29 is 52.4 Å². The van der Waals surface area contributed by atoms with E-state index in [1.54, 1.807) is 27.8 Å². The number of hydrogen-bond donors (Lipinski definition) is 4. The number of rotatable bonds is 12. The minimum atomic E-state index is -1.48. The molecule has 1 aliphatic carbocycles. The molecule has 7 aromatic rings. The van der Waals surface area contributed by atoms with Crippen molar-refractivity contribution >= 4 is 96.8 Å². The van der Waals surface area contributed by atoms with Gasteiger partial charge in [0.15, 0.2) is 5.60 Å². The van der Waals surface area contributed by atoms with E-state index in [0.29, 0.717) is 112 Å². The summed E-state index contributed by atoms with van der Waals surface area (Å²) in [5.74, 6) is -4.59. The van der Waals surface area contributed by atoms with Crippen LogP contribution in [0.1, 0.15) is 80.0 Å². The van der Waals surface area contributed by atoms with E-state index in [4.69, 9.17) is 31.5 Å². The fourth-order valence-corrected chi connectivity index (χ4v) is 16.2. The summed E-state index contributed by atoms with van der Waals surface area (Å²) in [6, 6.07) is 28.8. The van der Waals surface area contributed by atoms with Crippen LogP contribution in [0.25, 0.3) is 42.8 Å². The van der Waals surface area contributed by atoms with Gasteiger partial charge in [-0.15, -0.1) is 21.0 Å². The summed E-state index contributed by atoms with van der Waals surface area (Å²) in [4.78, 5) is 106. The Bertz CT molecular complexity index is 4010. The van der Waals surface area contributed by atoms with Gasteiger partial charge in [0, 0.05) is 92.9 Å². The van der Waals surface area contributed by atoms with Gasteiger partial charge in [-0.2, -0.15) is 10.1 Å². The number of nitrogens with zero attached hydrogens (tertiary/aromatic N) is 8. The number of anilines is 2. The predicted molar refractivity (Wildman–Crippen MR) is 318 cm³/mol. The third kappa shape index (κ3) is 9.42. The first-order valence-corrected chi connectivity index (χ1v) is 30.6. The van der Waals surface area contributed by atoms with Crippen LogP contribution in [0.2, 0.25) is 5.02 Å². The number of piperidine rings is 4. The fourth-order valence-electron chi connectivity index (χ4n) is 14.9. The second-order valence-corrected chi connectivity index (χ2v) is 25.4. The molecule has 4 N–H and O–H groups in total. The van der Waals surface area contributed by atoms with Crippen molar-refractivity contribution in [2.45, 2.75) is 87.9 Å². The summed E-state index contributed by atoms with van der Waals surface area (Å²) in [6.45, 7) is 0.559. The van der Waals surface area contributed by atoms with Gasteiger partial charge in [0.2, 0.25) is 23.6 Å². The molecule has 20 nitrogen and oxygen atoms in total. The topological polar surface area (TPSA) is 229 Å². The molecule has 9 aliphatic rings. The number of halogens is 2. The van der Waals surface area contributed by atoms with Crippen LogP contribution in [0.15, 0.2) is 97.1 Å². The summed E-state index contributed by atoms with van der Waals surface area (Å²) >= 11 is 8.11. The molecule has 6 bridgehead atoms. The Kier molecular flexibility index (Phi) is 13.9. The number of hydrogen-bond acceptors (Lipinski definition) is 13. The van der Waals surface area contributed by atoms with Crippen molar-refractivity contribution in [3.05, 3.63) is 125 Å². The van der Waals surface area contributed by atoms with Crippen LogP contribution < -0.4 is 25.8 Å². The quantitative estimate of drug-likeness (QED) is 0.0866. The highest BCUT2D eigenvalue weighted by Gasteiger charge is 2.60. The molecule has 1 saturated carbocycles. The minimum absolute atomic E-state index is 0.000884. The molecule has 4 saturated heterocycles. The Labute approximate surface area is 502 Å². The third-order valence-corrected chi connectivity index (χ3v) is 20.5. The van der Waals surface area contributed by atoms with Gasteiger partial charge < -0.3 is 35.6 Å². The Balaban J connectivity index is 0.793. The number of fused-ring (bicyclic) bond motifs is 7. The molecular formula is C63H62ClFN11O9S+. The number of carbonyl (C=O) groups excluding carboxylic acids is 6. The number of carbonyl (C=O) groups is 7. The highest BCUT2D eigenvalue weighted by Crippen LogP contribution is 2.51. The van der Waals surface area contributed by atoms with E-state index in [1.165, 1.54) is 11.3 Å². The van der Waals surface area contributed by atoms with Crippen LogP contribution in [0, 0.1) is 17.7 Å². The van der Waals surface area contributed by atoms with Crippen LogP contribution in [0.5, 0.6) is 5.75 Å². The Morgan fingerprint density at radius 3 is 2.43 bits per heavy atom. The van der Waals surface area contributed by atoms with Crippen molar-refractivity contribution in [1.82, 2.24) is 40.2 Å². The molecule has 442 valence electrons. The van der Waals surface area contributed by atoms with Crippen LogP contribution in [0.3, 0.4) is 0 Å². The van der Waals surface area contributed by atoms with Gasteiger partial charge in [0.1, 0.15) is 48.4 Å². The van der Waals surface area contributed by atoms with Crippen LogP contribution >= 0.6 is 22.9 Å². The van der Waals surface area contributed by atoms with Gasteiger partial charge in [0.05, 0.1) is 56.9 Å². The summed E-state index contributed by atoms with van der Waals surface area (Å²) in [6.07, 6.45) is 3.30. The maximum atomic E-state index is 16.9. The molecule has 10 heterocycles. The van der Waals surface area contributed by atoms with Crippen molar-refractivity contribution in [2.75, 3.05) is 63.3 Å². The molecule has 0 radical (unpaired) electrons. The standard InChI is InChI=1S/C63H61ClFN11O9S/c1-71-33-37-27-45(65)41-28-50(37)75(71)76(24-18-36(19-25-76)57-56-39(41)10-6-14-49(56)74(70-57)34-54(79)66-30-53(78)67-31-55(80)81)61(83)43-26-35-16-17-48(43)73(32-35)62(84)63(85-51-15-5-3-9-40(51)59-69-47-13-7-11-44(64)58(47)86-59)20-22-72(23-21-63)60(82)42-29-52(77)68-46-12-4-2-8-38(42)46/h2-15,27-28,35-36,42-43,48H,16-26,29-34H2,1H3,(H3-,66,67,68,77,78,79,80,81)/p+1/t35?,36?,42-,43?,48?,76?/m0/s1. The number of carboxylic acids is 1. The molecule has 0 spiro atoms. The Morgan fingerprint density at radius 1 is 0.884 bits per heavy atom. The number of para-hydroxylation sites is 2. The fraction of sp³-hybridized carbons (Fsp3) is 0.381. The Morgan fingerprint density at radius 2 is 1.64 bits per heavy atom. The van der Waals surface area contributed by atoms with E-state index in [9.17, 15) is 24.0 Å². The van der Waals surface area contributed by atoms with Crippen LogP contribution in [0.4, 0.5) is 15.8 Å². The zero-order valence-electron chi connectivity index (χ0n) is 47.1. The molecule has 23 heteroatoms. The predicted octanol–water partition coefficient (Wildman–Crippen LogP) is 7.60. The first-order chi connectivity index (χ1) is 41.6. The number of nitrogens with one attached hydrogen (secondary N) is 3. The monoisotopic (exact) mass is 1200 g/mol. The highest BCUT2D eigenvalue weighted by atomic mass is 35.5. The van der Waals surface area contributed by atoms with Gasteiger partial charge in [0.25, 0.3) is 5.91 Å². The molecule has 86 heavy (non-hydrogen) atoms. The van der Waals surface area contributed by atoms with Gasteiger partial charge in [-0.1, -0.05) is 60.1 Å². The average molecular weight is 1200 g/mol. The first kappa shape index (κ1) is 55.6. The van der Waals surface area contributed by atoms with Gasteiger partial charge in [-0.25, -0.2) is 14.2 Å². The lowest BCUT2D eigenvalue weighted by Crippen LogP contribution is -2.73. The lowest BCUT2D eigenvalue weighted by molar-refractivity contribution is -0.882. The van der Waals surface area contributed by atoms with E-state index in [2.05, 4.69) is 21.1 Å². The number of aromatic nitrogens is 3. The number of benzene rings is 5. The molecule has 2 aromatic heterocycles. The number of aliphatic carboxylic acids is 1. The van der Waals surface area contributed by atoms with E-state index in [1.807, 2.05) is 95.8 Å². The van der Waals surface area contributed by atoms with E-state index < -0.39 is 60.2 Å². The molecule has 4 atom stereocenters. The van der Waals surface area contributed by atoms with E-state index in [0.717, 1.165) is 27.8 Å². The van der Waals surface area contributed by atoms with E-state index >= 15 is 14.0 Å². The van der Waals surface area contributed by atoms with Crippen molar-refractivity contribution in [3.8, 4) is 27.4 Å². The lowest BCUT2D eigenvalue weighted by Gasteiger charge is -2.55. The molecule has 5 fully saturated rings. The number of thiazole rings is 1. The van der Waals surface area contributed by atoms with Crippen molar-refractivity contribution in [3.63, 3.8) is 0 Å². The van der Waals surface area contributed by atoms with Crippen LogP contribution in [-0.2, 0) is 46.7 Å².